The molecule has 220 valence electrons. The number of anilines is 1. The molecular weight excluding hydrogens is 562 g/mol. The van der Waals surface area contributed by atoms with Gasteiger partial charge < -0.3 is 13.9 Å². The first kappa shape index (κ1) is 27.5. The summed E-state index contributed by atoms with van der Waals surface area (Å²) in [5.41, 5.74) is 1.91. The summed E-state index contributed by atoms with van der Waals surface area (Å²) in [6.45, 7) is -0.523. The second-order valence-electron chi connectivity index (χ2n) is 11.4. The normalized spacial score (nSPS) is 23.5. The van der Waals surface area contributed by atoms with Crippen molar-refractivity contribution in [3.8, 4) is 5.75 Å². The summed E-state index contributed by atoms with van der Waals surface area (Å²) in [5.74, 6) is -2.21. The van der Waals surface area contributed by atoms with Gasteiger partial charge in [0.15, 0.2) is 12.4 Å². The van der Waals surface area contributed by atoms with Crippen LogP contribution < -0.4 is 9.64 Å². The zero-order valence-electron chi connectivity index (χ0n) is 23.5. The molecule has 5 atom stereocenters. The first-order chi connectivity index (χ1) is 21.4. The fourth-order valence-electron chi connectivity index (χ4n) is 7.13. The predicted octanol–water partition coefficient (Wildman–Crippen LogP) is 5.47. The number of ketones is 1. The van der Waals surface area contributed by atoms with Crippen molar-refractivity contribution in [3.05, 3.63) is 120 Å². The summed E-state index contributed by atoms with van der Waals surface area (Å²) in [5, 5.41) is 0. The molecule has 9 nitrogen and oxygen atoms in total. The van der Waals surface area contributed by atoms with Gasteiger partial charge in [0.25, 0.3) is 0 Å². The zero-order chi connectivity index (χ0) is 30.4. The third-order valence-electron chi connectivity index (χ3n) is 9.03. The van der Waals surface area contributed by atoms with Gasteiger partial charge >= 0.3 is 11.9 Å². The Morgan fingerprint density at radius 2 is 1.55 bits per heavy atom. The molecule has 2 saturated carbocycles. The number of fused-ring (bicyclic) bond motifs is 5. The smallest absolute Gasteiger partial charge is 0.379 e. The van der Waals surface area contributed by atoms with Crippen molar-refractivity contribution in [2.75, 3.05) is 11.5 Å². The quantitative estimate of drug-likeness (QED) is 0.115. The third-order valence-corrected chi connectivity index (χ3v) is 9.03. The van der Waals surface area contributed by atoms with Gasteiger partial charge in [-0.2, -0.15) is 0 Å². The second kappa shape index (κ2) is 11.1. The average molecular weight is 590 g/mol. The van der Waals surface area contributed by atoms with Crippen LogP contribution in [0.5, 0.6) is 5.75 Å². The van der Waals surface area contributed by atoms with E-state index in [1.54, 1.807) is 18.2 Å². The van der Waals surface area contributed by atoms with Gasteiger partial charge in [0.1, 0.15) is 5.75 Å². The number of esters is 2. The largest absolute Gasteiger partial charge is 0.457 e. The SMILES string of the molecule is O=C(COC(=O)c1cccc(N2C(=O)[C@@H]3[C@@H]4C[C@H]([C@H]3C2=O)[C@H](c2ccccc2)C4)c1)c1ccc(OC(=O)c2ccco2)cc1. The number of hydrogen-bond acceptors (Lipinski definition) is 8. The van der Waals surface area contributed by atoms with E-state index in [4.69, 9.17) is 13.9 Å². The maximum atomic E-state index is 13.7. The summed E-state index contributed by atoms with van der Waals surface area (Å²) in [7, 11) is 0. The number of ether oxygens (including phenoxy) is 2. The highest BCUT2D eigenvalue weighted by molar-refractivity contribution is 6.23. The van der Waals surface area contributed by atoms with E-state index in [9.17, 15) is 24.0 Å². The third kappa shape index (κ3) is 4.80. The Morgan fingerprint density at radius 1 is 0.773 bits per heavy atom. The van der Waals surface area contributed by atoms with Crippen LogP contribution >= 0.6 is 0 Å². The van der Waals surface area contributed by atoms with E-state index in [0.29, 0.717) is 5.69 Å². The van der Waals surface area contributed by atoms with Crippen LogP contribution in [0.4, 0.5) is 5.69 Å². The van der Waals surface area contributed by atoms with Crippen LogP contribution in [0.2, 0.25) is 0 Å². The Hall–Kier alpha value is -5.31. The Bertz CT molecular complexity index is 1760. The molecule has 1 saturated heterocycles. The fraction of sp³-hybridized carbons (Fsp3) is 0.229. The van der Waals surface area contributed by atoms with Crippen LogP contribution in [0.15, 0.2) is 102 Å². The van der Waals surface area contributed by atoms with E-state index in [2.05, 4.69) is 12.1 Å². The van der Waals surface area contributed by atoms with Crippen LogP contribution in [-0.4, -0.2) is 36.1 Å². The Balaban J connectivity index is 0.991. The molecule has 3 aromatic carbocycles. The van der Waals surface area contributed by atoms with Gasteiger partial charge in [-0.25, -0.2) is 9.59 Å². The second-order valence-corrected chi connectivity index (χ2v) is 11.4. The lowest BCUT2D eigenvalue weighted by molar-refractivity contribution is -0.123. The van der Waals surface area contributed by atoms with Crippen LogP contribution in [-0.2, 0) is 14.3 Å². The van der Waals surface area contributed by atoms with Crippen molar-refractivity contribution >= 4 is 35.2 Å². The maximum absolute atomic E-state index is 13.7. The minimum Gasteiger partial charge on any atom is -0.457 e. The van der Waals surface area contributed by atoms with Gasteiger partial charge in [-0.3, -0.25) is 19.3 Å². The number of hydrogen-bond donors (Lipinski definition) is 0. The molecule has 2 amide bonds. The van der Waals surface area contributed by atoms with Gasteiger partial charge in [0, 0.05) is 5.56 Å². The monoisotopic (exact) mass is 589 g/mol. The van der Waals surface area contributed by atoms with E-state index >= 15 is 0 Å². The summed E-state index contributed by atoms with van der Waals surface area (Å²) in [4.78, 5) is 66.0. The highest BCUT2D eigenvalue weighted by Gasteiger charge is 2.64. The predicted molar refractivity (Wildman–Crippen MR) is 156 cm³/mol. The number of carbonyl (C=O) groups excluding carboxylic acids is 5. The van der Waals surface area contributed by atoms with Crippen molar-refractivity contribution in [3.63, 3.8) is 0 Å². The number of benzene rings is 3. The maximum Gasteiger partial charge on any atom is 0.379 e. The molecule has 2 aliphatic carbocycles. The minimum atomic E-state index is -0.757. The number of rotatable bonds is 8. The molecule has 0 N–H and O–H groups in total. The number of amides is 2. The molecule has 1 aromatic heterocycles. The molecule has 0 radical (unpaired) electrons. The molecule has 9 heteroatoms. The Labute approximate surface area is 252 Å². The Kier molecular flexibility index (Phi) is 6.93. The van der Waals surface area contributed by atoms with Crippen molar-refractivity contribution in [1.82, 2.24) is 0 Å². The lowest BCUT2D eigenvalue weighted by atomic mass is 9.73. The van der Waals surface area contributed by atoms with Gasteiger partial charge in [-0.1, -0.05) is 36.4 Å². The van der Waals surface area contributed by atoms with E-state index in [1.165, 1.54) is 59.2 Å². The van der Waals surface area contributed by atoms with Gasteiger partial charge in [-0.05, 0) is 90.8 Å². The molecule has 2 heterocycles. The van der Waals surface area contributed by atoms with Crippen molar-refractivity contribution in [2.45, 2.75) is 18.8 Å². The van der Waals surface area contributed by atoms with Gasteiger partial charge in [0.05, 0.1) is 29.3 Å². The number of carbonyl (C=O) groups is 5. The van der Waals surface area contributed by atoms with E-state index < -0.39 is 24.3 Å². The van der Waals surface area contributed by atoms with Crippen molar-refractivity contribution in [1.29, 1.82) is 0 Å². The fourth-order valence-corrected chi connectivity index (χ4v) is 7.13. The highest BCUT2D eigenvalue weighted by Crippen LogP contribution is 2.61. The van der Waals surface area contributed by atoms with E-state index in [-0.39, 0.29) is 64.0 Å². The van der Waals surface area contributed by atoms with E-state index in [1.807, 2.05) is 18.2 Å². The molecule has 7 rings (SSSR count). The highest BCUT2D eigenvalue weighted by atomic mass is 16.5. The lowest BCUT2D eigenvalue weighted by Gasteiger charge is -2.28. The summed E-state index contributed by atoms with van der Waals surface area (Å²) in [6.07, 6.45) is 3.12. The van der Waals surface area contributed by atoms with Crippen LogP contribution in [0.25, 0.3) is 0 Å². The van der Waals surface area contributed by atoms with Crippen LogP contribution in [0, 0.1) is 23.7 Å². The average Bonchev–Trinajstić information content (AvgIpc) is 3.85. The van der Waals surface area contributed by atoms with Gasteiger partial charge in [-0.15, -0.1) is 0 Å². The molecule has 44 heavy (non-hydrogen) atoms. The standard InChI is InChI=1S/C35H27NO8/c37-28(21-11-13-25(14-12-21)44-35(41)29-10-5-15-42-29)19-43-34(40)22-8-4-9-24(16-22)36-32(38)30-23-17-26(20-6-2-1-3-7-20)27(18-23)31(30)33(36)39/h1-16,23,26-27,30-31H,17-19H2/t23-,26-,27-,30+,31+/m0/s1. The topological polar surface area (TPSA) is 120 Å². The molecular formula is C35H27NO8. The van der Waals surface area contributed by atoms with E-state index in [0.717, 1.165) is 12.8 Å². The van der Waals surface area contributed by atoms with Crippen molar-refractivity contribution < 1.29 is 37.9 Å². The number of furan rings is 1. The summed E-state index contributed by atoms with van der Waals surface area (Å²) in [6, 6.07) is 25.2. The summed E-state index contributed by atoms with van der Waals surface area (Å²) >= 11 is 0. The van der Waals surface area contributed by atoms with Crippen LogP contribution in [0.3, 0.4) is 0 Å². The first-order valence-corrected chi connectivity index (χ1v) is 14.5. The molecule has 4 aromatic rings. The van der Waals surface area contributed by atoms with Crippen LogP contribution in [0.1, 0.15) is 55.6 Å². The summed E-state index contributed by atoms with van der Waals surface area (Å²) < 4.78 is 15.5. The van der Waals surface area contributed by atoms with Gasteiger partial charge in [0.2, 0.25) is 17.6 Å². The minimum absolute atomic E-state index is 0.0475. The molecule has 1 aliphatic heterocycles. The Morgan fingerprint density at radius 3 is 2.30 bits per heavy atom. The molecule has 2 bridgehead atoms. The number of imide groups is 1. The first-order valence-electron chi connectivity index (χ1n) is 14.5. The molecule has 0 spiro atoms. The molecule has 3 fully saturated rings. The molecule has 0 unspecified atom stereocenters. The molecule has 3 aliphatic rings. The lowest BCUT2D eigenvalue weighted by Crippen LogP contribution is -2.33. The zero-order valence-corrected chi connectivity index (χ0v) is 23.5. The number of nitrogens with zero attached hydrogens (tertiary/aromatic N) is 1. The van der Waals surface area contributed by atoms with Crippen molar-refractivity contribution in [2.24, 2.45) is 23.7 Å². The number of Topliss-reactive ketones (excluding diaryl/α,β-unsaturated/α-hetero) is 1.